The Balaban J connectivity index is 1.73. The second kappa shape index (κ2) is 5.95. The molecule has 1 atom stereocenters. The van der Waals surface area contributed by atoms with Crippen molar-refractivity contribution < 1.29 is 4.79 Å². The molecule has 1 fully saturated rings. The molecule has 0 spiro atoms. The molecule has 110 valence electrons. The first-order valence-electron chi connectivity index (χ1n) is 7.23. The summed E-state index contributed by atoms with van der Waals surface area (Å²) in [6.07, 6.45) is 4.52. The summed E-state index contributed by atoms with van der Waals surface area (Å²) in [5.41, 5.74) is 1.98. The highest BCUT2D eigenvalue weighted by Gasteiger charge is 2.29. The Morgan fingerprint density at radius 3 is 2.86 bits per heavy atom. The van der Waals surface area contributed by atoms with Gasteiger partial charge in [-0.1, -0.05) is 17.7 Å². The van der Waals surface area contributed by atoms with Gasteiger partial charge in [-0.2, -0.15) is 5.10 Å². The zero-order valence-corrected chi connectivity index (χ0v) is 12.0. The minimum atomic E-state index is -0.0834. The predicted octanol–water partition coefficient (Wildman–Crippen LogP) is 2.87. The SMILES string of the molecule is Cc1ccc(NC(=O)N2CCCC[C@@H]2c2ncn[nH]2)cc1. The fraction of sp³-hybridized carbons (Fsp3) is 0.400. The molecule has 1 aliphatic rings. The lowest BCUT2D eigenvalue weighted by Gasteiger charge is -2.34. The molecule has 6 heteroatoms. The molecule has 0 bridgehead atoms. The number of likely N-dealkylation sites (tertiary alicyclic amines) is 1. The Labute approximate surface area is 123 Å². The summed E-state index contributed by atoms with van der Waals surface area (Å²) in [5.74, 6) is 0.758. The standard InChI is InChI=1S/C15H19N5O/c1-11-5-7-12(8-6-11)18-15(21)20-9-3-2-4-13(20)14-16-10-17-19-14/h5-8,10,13H,2-4,9H2,1H3,(H,18,21)(H,16,17,19)/t13-/m1/s1. The highest BCUT2D eigenvalue weighted by Crippen LogP contribution is 2.29. The van der Waals surface area contributed by atoms with E-state index in [-0.39, 0.29) is 12.1 Å². The van der Waals surface area contributed by atoms with E-state index < -0.39 is 0 Å². The van der Waals surface area contributed by atoms with Gasteiger partial charge in [0.15, 0.2) is 0 Å². The van der Waals surface area contributed by atoms with Gasteiger partial charge in [-0.15, -0.1) is 0 Å². The van der Waals surface area contributed by atoms with E-state index in [1.807, 2.05) is 36.1 Å². The monoisotopic (exact) mass is 285 g/mol. The third-order valence-corrected chi connectivity index (χ3v) is 3.82. The Hall–Kier alpha value is -2.37. The third kappa shape index (κ3) is 3.04. The Bertz CT molecular complexity index is 593. The van der Waals surface area contributed by atoms with Gasteiger partial charge in [-0.25, -0.2) is 9.78 Å². The van der Waals surface area contributed by atoms with Crippen molar-refractivity contribution in [3.8, 4) is 0 Å². The van der Waals surface area contributed by atoms with Gasteiger partial charge in [0.2, 0.25) is 0 Å². The van der Waals surface area contributed by atoms with Crippen molar-refractivity contribution >= 4 is 11.7 Å². The average molecular weight is 285 g/mol. The van der Waals surface area contributed by atoms with Gasteiger partial charge >= 0.3 is 6.03 Å². The maximum absolute atomic E-state index is 12.5. The highest BCUT2D eigenvalue weighted by molar-refractivity contribution is 5.89. The largest absolute Gasteiger partial charge is 0.322 e. The number of urea groups is 1. The van der Waals surface area contributed by atoms with Gasteiger partial charge in [0.25, 0.3) is 0 Å². The number of H-pyrrole nitrogens is 1. The minimum Gasteiger partial charge on any atom is -0.314 e. The van der Waals surface area contributed by atoms with Gasteiger partial charge in [-0.3, -0.25) is 5.10 Å². The quantitative estimate of drug-likeness (QED) is 0.891. The van der Waals surface area contributed by atoms with E-state index >= 15 is 0 Å². The van der Waals surface area contributed by atoms with Crippen LogP contribution in [0.5, 0.6) is 0 Å². The van der Waals surface area contributed by atoms with Gasteiger partial charge < -0.3 is 10.2 Å². The molecule has 2 aromatic rings. The lowest BCUT2D eigenvalue weighted by molar-refractivity contribution is 0.159. The van der Waals surface area contributed by atoms with Gasteiger partial charge in [0, 0.05) is 12.2 Å². The van der Waals surface area contributed by atoms with E-state index in [4.69, 9.17) is 0 Å². The summed E-state index contributed by atoms with van der Waals surface area (Å²) in [5, 5.41) is 9.73. The summed E-state index contributed by atoms with van der Waals surface area (Å²) in [4.78, 5) is 18.6. The van der Waals surface area contributed by atoms with E-state index in [1.165, 1.54) is 11.9 Å². The van der Waals surface area contributed by atoms with Crippen LogP contribution in [0.25, 0.3) is 0 Å². The summed E-state index contributed by atoms with van der Waals surface area (Å²) >= 11 is 0. The van der Waals surface area contributed by atoms with Gasteiger partial charge in [-0.05, 0) is 38.3 Å². The van der Waals surface area contributed by atoms with Crippen molar-refractivity contribution in [2.45, 2.75) is 32.2 Å². The zero-order valence-electron chi connectivity index (χ0n) is 12.0. The first-order valence-corrected chi connectivity index (χ1v) is 7.23. The molecule has 0 saturated carbocycles. The lowest BCUT2D eigenvalue weighted by Crippen LogP contribution is -2.41. The van der Waals surface area contributed by atoms with Crippen molar-refractivity contribution in [2.24, 2.45) is 0 Å². The molecule has 2 amide bonds. The molecule has 0 aliphatic carbocycles. The lowest BCUT2D eigenvalue weighted by atomic mass is 10.0. The van der Waals surface area contributed by atoms with Crippen LogP contribution in [0.4, 0.5) is 10.5 Å². The number of aromatic amines is 1. The van der Waals surface area contributed by atoms with Crippen LogP contribution in [0.3, 0.4) is 0 Å². The summed E-state index contributed by atoms with van der Waals surface area (Å²) in [6.45, 7) is 2.76. The van der Waals surface area contributed by atoms with Crippen molar-refractivity contribution in [1.29, 1.82) is 0 Å². The molecule has 1 aliphatic heterocycles. The molecular formula is C15H19N5O. The van der Waals surface area contributed by atoms with Crippen molar-refractivity contribution in [1.82, 2.24) is 20.1 Å². The van der Waals surface area contributed by atoms with Crippen LogP contribution >= 0.6 is 0 Å². The molecule has 1 saturated heterocycles. The van der Waals surface area contributed by atoms with Gasteiger partial charge in [0.1, 0.15) is 12.2 Å². The summed E-state index contributed by atoms with van der Waals surface area (Å²) in [6, 6.07) is 7.70. The number of aromatic nitrogens is 3. The maximum atomic E-state index is 12.5. The number of aryl methyl sites for hydroxylation is 1. The molecule has 0 unspecified atom stereocenters. The van der Waals surface area contributed by atoms with Crippen LogP contribution in [-0.4, -0.2) is 32.7 Å². The van der Waals surface area contributed by atoms with E-state index in [0.29, 0.717) is 0 Å². The fourth-order valence-electron chi connectivity index (χ4n) is 2.67. The molecular weight excluding hydrogens is 266 g/mol. The molecule has 6 nitrogen and oxygen atoms in total. The van der Waals surface area contributed by atoms with E-state index in [2.05, 4.69) is 20.5 Å². The number of amides is 2. The van der Waals surface area contributed by atoms with E-state index in [1.54, 1.807) is 0 Å². The molecule has 3 rings (SSSR count). The number of hydrogen-bond donors (Lipinski definition) is 2. The summed E-state index contributed by atoms with van der Waals surface area (Å²) in [7, 11) is 0. The average Bonchev–Trinajstić information content (AvgIpc) is 3.04. The molecule has 1 aromatic carbocycles. The summed E-state index contributed by atoms with van der Waals surface area (Å²) < 4.78 is 0. The van der Waals surface area contributed by atoms with Crippen LogP contribution in [0.1, 0.15) is 36.7 Å². The highest BCUT2D eigenvalue weighted by atomic mass is 16.2. The molecule has 21 heavy (non-hydrogen) atoms. The third-order valence-electron chi connectivity index (χ3n) is 3.82. The number of piperidine rings is 1. The van der Waals surface area contributed by atoms with Gasteiger partial charge in [0.05, 0.1) is 6.04 Å². The molecule has 0 radical (unpaired) electrons. The number of carbonyl (C=O) groups is 1. The number of benzene rings is 1. The van der Waals surface area contributed by atoms with Crippen LogP contribution in [-0.2, 0) is 0 Å². The molecule has 2 heterocycles. The smallest absolute Gasteiger partial charge is 0.314 e. The predicted molar refractivity (Wildman–Crippen MR) is 79.9 cm³/mol. The zero-order chi connectivity index (χ0) is 14.7. The van der Waals surface area contributed by atoms with E-state index in [0.717, 1.165) is 37.3 Å². The minimum absolute atomic E-state index is 0.0216. The Morgan fingerprint density at radius 1 is 1.33 bits per heavy atom. The normalized spacial score (nSPS) is 18.5. The van der Waals surface area contributed by atoms with E-state index in [9.17, 15) is 4.79 Å². The number of anilines is 1. The van der Waals surface area contributed by atoms with Crippen LogP contribution in [0.2, 0.25) is 0 Å². The Kier molecular flexibility index (Phi) is 3.85. The van der Waals surface area contributed by atoms with Crippen LogP contribution in [0.15, 0.2) is 30.6 Å². The maximum Gasteiger partial charge on any atom is 0.322 e. The molecule has 2 N–H and O–H groups in total. The first kappa shape index (κ1) is 13.6. The fourth-order valence-corrected chi connectivity index (χ4v) is 2.67. The molecule has 1 aromatic heterocycles. The number of nitrogens with zero attached hydrogens (tertiary/aromatic N) is 3. The Morgan fingerprint density at radius 2 is 2.14 bits per heavy atom. The van der Waals surface area contributed by atoms with Crippen LogP contribution in [0, 0.1) is 6.92 Å². The van der Waals surface area contributed by atoms with Crippen molar-refractivity contribution in [3.05, 3.63) is 42.0 Å². The number of hydrogen-bond acceptors (Lipinski definition) is 3. The second-order valence-electron chi connectivity index (χ2n) is 5.37. The van der Waals surface area contributed by atoms with Crippen molar-refractivity contribution in [3.63, 3.8) is 0 Å². The topological polar surface area (TPSA) is 73.9 Å². The second-order valence-corrected chi connectivity index (χ2v) is 5.37. The number of carbonyl (C=O) groups excluding carboxylic acids is 1. The first-order chi connectivity index (χ1) is 10.2. The number of rotatable bonds is 2. The van der Waals surface area contributed by atoms with Crippen LogP contribution < -0.4 is 5.32 Å². The number of nitrogens with one attached hydrogen (secondary N) is 2. The van der Waals surface area contributed by atoms with Crippen molar-refractivity contribution in [2.75, 3.05) is 11.9 Å².